The lowest BCUT2D eigenvalue weighted by molar-refractivity contribution is 0.672. The number of hydrogen-bond donors (Lipinski definition) is 0. The highest BCUT2D eigenvalue weighted by Crippen LogP contribution is 2.46. The van der Waals surface area contributed by atoms with Crippen LogP contribution in [0.2, 0.25) is 0 Å². The largest absolute Gasteiger partial charge is 0.455 e. The SMILES string of the molecule is c1ccc(-c2ccc3cc(N(c4ccc5oc6c7ccccc7ccc6c5c4)c4ccc(-c5cc6ccccc6c6ccccc56)c5ccccc45)ccc3c2)cc1. The molecule has 0 aliphatic rings. The fraction of sp³-hybridized carbons (Fsp3) is 0. The highest BCUT2D eigenvalue weighted by atomic mass is 16.3. The Bertz CT molecular complexity index is 3580. The first-order valence-electron chi connectivity index (χ1n) is 19.9. The van der Waals surface area contributed by atoms with Crippen LogP contribution >= 0.6 is 0 Å². The second kappa shape index (κ2) is 12.9. The van der Waals surface area contributed by atoms with Gasteiger partial charge in [0.05, 0.1) is 5.69 Å². The fourth-order valence-electron chi connectivity index (χ4n) is 9.23. The summed E-state index contributed by atoms with van der Waals surface area (Å²) in [6, 6.07) is 77.2. The van der Waals surface area contributed by atoms with Crippen LogP contribution in [-0.2, 0) is 0 Å². The predicted octanol–water partition coefficient (Wildman–Crippen LogP) is 16.2. The molecule has 12 aromatic rings. The number of hydrogen-bond acceptors (Lipinski definition) is 2. The molecule has 0 spiro atoms. The van der Waals surface area contributed by atoms with Crippen LogP contribution in [0.5, 0.6) is 0 Å². The monoisotopic (exact) mass is 737 g/mol. The Morgan fingerprint density at radius 3 is 1.76 bits per heavy atom. The van der Waals surface area contributed by atoms with Crippen molar-refractivity contribution in [2.45, 2.75) is 0 Å². The van der Waals surface area contributed by atoms with E-state index in [1.165, 1.54) is 70.7 Å². The molecule has 0 fully saturated rings. The van der Waals surface area contributed by atoms with Gasteiger partial charge in [-0.05, 0) is 120 Å². The van der Waals surface area contributed by atoms with Gasteiger partial charge < -0.3 is 9.32 Å². The Morgan fingerprint density at radius 1 is 0.293 bits per heavy atom. The second-order valence-electron chi connectivity index (χ2n) is 15.3. The number of rotatable bonds is 5. The van der Waals surface area contributed by atoms with Gasteiger partial charge >= 0.3 is 0 Å². The van der Waals surface area contributed by atoms with Crippen LogP contribution in [-0.4, -0.2) is 0 Å². The van der Waals surface area contributed by atoms with Crippen LogP contribution in [0.1, 0.15) is 0 Å². The maximum absolute atomic E-state index is 6.60. The van der Waals surface area contributed by atoms with Crippen LogP contribution in [0.25, 0.3) is 98.1 Å². The minimum absolute atomic E-state index is 0.880. The van der Waals surface area contributed by atoms with Crippen LogP contribution in [0.4, 0.5) is 17.1 Å². The Hall–Kier alpha value is -7.68. The van der Waals surface area contributed by atoms with Crippen molar-refractivity contribution in [3.8, 4) is 22.3 Å². The molecule has 0 radical (unpaired) electrons. The molecule has 1 aromatic heterocycles. The summed E-state index contributed by atoms with van der Waals surface area (Å²) in [7, 11) is 0. The minimum Gasteiger partial charge on any atom is -0.455 e. The number of benzene rings is 11. The Balaban J connectivity index is 1.09. The van der Waals surface area contributed by atoms with Crippen molar-refractivity contribution in [3.63, 3.8) is 0 Å². The molecule has 2 heteroatoms. The molecule has 0 saturated heterocycles. The van der Waals surface area contributed by atoms with E-state index in [2.05, 4.69) is 217 Å². The average molecular weight is 738 g/mol. The van der Waals surface area contributed by atoms with E-state index in [0.717, 1.165) is 44.4 Å². The quantitative estimate of drug-likeness (QED) is 0.164. The zero-order valence-corrected chi connectivity index (χ0v) is 31.6. The summed E-state index contributed by atoms with van der Waals surface area (Å²) in [5.74, 6) is 0. The Kier molecular flexibility index (Phi) is 7.26. The van der Waals surface area contributed by atoms with E-state index in [4.69, 9.17) is 4.42 Å². The molecule has 0 aliphatic heterocycles. The van der Waals surface area contributed by atoms with Gasteiger partial charge in [0.1, 0.15) is 11.2 Å². The van der Waals surface area contributed by atoms with Crippen molar-refractivity contribution in [2.75, 3.05) is 4.90 Å². The van der Waals surface area contributed by atoms with E-state index in [0.29, 0.717) is 0 Å². The Labute approximate surface area is 335 Å². The molecule has 0 amide bonds. The normalized spacial score (nSPS) is 11.8. The lowest BCUT2D eigenvalue weighted by Crippen LogP contribution is -2.10. The third-order valence-electron chi connectivity index (χ3n) is 12.0. The van der Waals surface area contributed by atoms with Gasteiger partial charge in [-0.2, -0.15) is 0 Å². The fourth-order valence-corrected chi connectivity index (χ4v) is 9.23. The smallest absolute Gasteiger partial charge is 0.143 e. The minimum atomic E-state index is 0.880. The summed E-state index contributed by atoms with van der Waals surface area (Å²) >= 11 is 0. The van der Waals surface area contributed by atoms with Crippen LogP contribution in [0.15, 0.2) is 217 Å². The van der Waals surface area contributed by atoms with E-state index < -0.39 is 0 Å². The van der Waals surface area contributed by atoms with Crippen molar-refractivity contribution in [3.05, 3.63) is 212 Å². The van der Waals surface area contributed by atoms with Crippen molar-refractivity contribution in [1.29, 1.82) is 0 Å². The van der Waals surface area contributed by atoms with Crippen molar-refractivity contribution < 1.29 is 4.42 Å². The van der Waals surface area contributed by atoms with E-state index in [1.807, 2.05) is 0 Å². The molecular weight excluding hydrogens is 703 g/mol. The summed E-state index contributed by atoms with van der Waals surface area (Å²) in [5.41, 5.74) is 9.96. The van der Waals surface area contributed by atoms with Gasteiger partial charge in [-0.1, -0.05) is 158 Å². The summed E-state index contributed by atoms with van der Waals surface area (Å²) in [6.07, 6.45) is 0. The van der Waals surface area contributed by atoms with Crippen molar-refractivity contribution in [2.24, 2.45) is 0 Å². The average Bonchev–Trinajstić information content (AvgIpc) is 3.68. The summed E-state index contributed by atoms with van der Waals surface area (Å²) < 4.78 is 6.60. The second-order valence-corrected chi connectivity index (χ2v) is 15.3. The van der Waals surface area contributed by atoms with E-state index in [9.17, 15) is 0 Å². The molecule has 1 heterocycles. The summed E-state index contributed by atoms with van der Waals surface area (Å²) in [5, 5.41) is 14.3. The molecule has 0 bridgehead atoms. The molecule has 0 saturated carbocycles. The molecule has 0 unspecified atom stereocenters. The predicted molar refractivity (Wildman–Crippen MR) is 247 cm³/mol. The van der Waals surface area contributed by atoms with Crippen molar-refractivity contribution >= 4 is 92.9 Å². The summed E-state index contributed by atoms with van der Waals surface area (Å²) in [6.45, 7) is 0. The number of fused-ring (bicyclic) bond motifs is 10. The third-order valence-corrected chi connectivity index (χ3v) is 12.0. The summed E-state index contributed by atoms with van der Waals surface area (Å²) in [4.78, 5) is 2.43. The highest BCUT2D eigenvalue weighted by Gasteiger charge is 2.21. The lowest BCUT2D eigenvalue weighted by Gasteiger charge is -2.28. The van der Waals surface area contributed by atoms with Gasteiger partial charge in [0.25, 0.3) is 0 Å². The first-order chi connectivity index (χ1) is 28.7. The molecule has 0 aliphatic carbocycles. The zero-order chi connectivity index (χ0) is 38.2. The van der Waals surface area contributed by atoms with Gasteiger partial charge in [0, 0.05) is 32.9 Å². The molecule has 0 atom stereocenters. The third kappa shape index (κ3) is 5.12. The van der Waals surface area contributed by atoms with Gasteiger partial charge in [0.2, 0.25) is 0 Å². The van der Waals surface area contributed by atoms with E-state index >= 15 is 0 Å². The van der Waals surface area contributed by atoms with Crippen LogP contribution < -0.4 is 4.90 Å². The van der Waals surface area contributed by atoms with Crippen LogP contribution in [0.3, 0.4) is 0 Å². The molecular formula is C56H35NO. The van der Waals surface area contributed by atoms with Gasteiger partial charge in [-0.15, -0.1) is 0 Å². The van der Waals surface area contributed by atoms with E-state index in [1.54, 1.807) is 0 Å². The standard InChI is InChI=1S/C56H35NO/c1-2-12-36(13-3-1)38-22-23-40-33-42(26-24-39(40)32-38)57(43-27-31-55-53(35-43)51-28-25-37-14-4-7-17-45(37)56(51)58-55)54-30-29-49(47-19-10-11-21-50(47)54)52-34-41-15-5-6-16-44(41)46-18-8-9-20-48(46)52/h1-35H. The van der Waals surface area contributed by atoms with Crippen molar-refractivity contribution in [1.82, 2.24) is 0 Å². The molecule has 0 N–H and O–H groups in total. The number of furan rings is 1. The van der Waals surface area contributed by atoms with Gasteiger partial charge in [0.15, 0.2) is 0 Å². The molecule has 12 rings (SSSR count). The maximum Gasteiger partial charge on any atom is 0.143 e. The van der Waals surface area contributed by atoms with Gasteiger partial charge in [-0.25, -0.2) is 0 Å². The maximum atomic E-state index is 6.60. The first-order valence-corrected chi connectivity index (χ1v) is 19.9. The zero-order valence-electron chi connectivity index (χ0n) is 31.6. The lowest BCUT2D eigenvalue weighted by atomic mass is 9.90. The van der Waals surface area contributed by atoms with Crippen LogP contribution in [0, 0.1) is 0 Å². The van der Waals surface area contributed by atoms with E-state index in [-0.39, 0.29) is 0 Å². The first kappa shape index (κ1) is 32.6. The molecule has 270 valence electrons. The highest BCUT2D eigenvalue weighted by molar-refractivity contribution is 6.19. The molecule has 58 heavy (non-hydrogen) atoms. The number of anilines is 3. The Morgan fingerprint density at radius 2 is 0.914 bits per heavy atom. The topological polar surface area (TPSA) is 16.4 Å². The van der Waals surface area contributed by atoms with Gasteiger partial charge in [-0.3, -0.25) is 0 Å². The molecule has 11 aromatic carbocycles. The molecule has 2 nitrogen and oxygen atoms in total. The number of nitrogens with zero attached hydrogens (tertiary/aromatic N) is 1.